The maximum absolute atomic E-state index is 12.4. The van der Waals surface area contributed by atoms with Gasteiger partial charge in [0.1, 0.15) is 0 Å². The van der Waals surface area contributed by atoms with E-state index in [9.17, 15) is 13.2 Å². The number of rotatable bonds is 7. The molecule has 2 atom stereocenters. The van der Waals surface area contributed by atoms with Gasteiger partial charge in [0.2, 0.25) is 15.9 Å². The topological polar surface area (TPSA) is 79.4 Å². The highest BCUT2D eigenvalue weighted by Gasteiger charge is 2.61. The molecule has 1 aliphatic carbocycles. The molecule has 1 N–H and O–H groups in total. The number of carbonyl (C=O) groups excluding carboxylic acids is 1. The second-order valence-corrected chi connectivity index (χ2v) is 9.03. The van der Waals surface area contributed by atoms with Gasteiger partial charge in [-0.3, -0.25) is 9.78 Å². The highest BCUT2D eigenvalue weighted by Crippen LogP contribution is 2.58. The number of sulfonamides is 1. The smallest absolute Gasteiger partial charge is 0.224 e. The lowest BCUT2D eigenvalue weighted by Crippen LogP contribution is -2.32. The molecule has 2 heterocycles. The largest absolute Gasteiger partial charge is 0.352 e. The first kappa shape index (κ1) is 17.4. The quantitative estimate of drug-likeness (QED) is 0.808. The fourth-order valence-electron chi connectivity index (χ4n) is 3.53. The number of pyridine rings is 1. The zero-order valence-electron chi connectivity index (χ0n) is 14.1. The van der Waals surface area contributed by atoms with Crippen molar-refractivity contribution in [2.45, 2.75) is 39.2 Å². The molecule has 0 radical (unpaired) electrons. The monoisotopic (exact) mass is 351 g/mol. The van der Waals surface area contributed by atoms with E-state index in [0.717, 1.165) is 24.8 Å². The fraction of sp³-hybridized carbons (Fsp3) is 0.647. The Labute approximate surface area is 143 Å². The highest BCUT2D eigenvalue weighted by atomic mass is 32.2. The van der Waals surface area contributed by atoms with E-state index < -0.39 is 10.0 Å². The predicted octanol–water partition coefficient (Wildman–Crippen LogP) is 1.54. The van der Waals surface area contributed by atoms with Crippen LogP contribution >= 0.6 is 0 Å². The third-order valence-electron chi connectivity index (χ3n) is 5.22. The lowest BCUT2D eigenvalue weighted by molar-refractivity contribution is -0.123. The minimum absolute atomic E-state index is 0.0413. The van der Waals surface area contributed by atoms with Crippen LogP contribution in [0.15, 0.2) is 24.5 Å². The summed E-state index contributed by atoms with van der Waals surface area (Å²) in [7, 11) is -3.16. The van der Waals surface area contributed by atoms with Crippen LogP contribution in [0.4, 0.5) is 0 Å². The molecule has 2 aliphatic rings. The molecule has 132 valence electrons. The number of amides is 1. The Balaban J connectivity index is 1.52. The van der Waals surface area contributed by atoms with Crippen LogP contribution in [0.25, 0.3) is 0 Å². The van der Waals surface area contributed by atoms with Gasteiger partial charge in [0.25, 0.3) is 0 Å². The van der Waals surface area contributed by atoms with Gasteiger partial charge in [-0.2, -0.15) is 0 Å². The number of hydrogen-bond donors (Lipinski definition) is 1. The normalized spacial score (nSPS) is 26.6. The molecule has 24 heavy (non-hydrogen) atoms. The van der Waals surface area contributed by atoms with Gasteiger partial charge in [0.05, 0.1) is 5.75 Å². The fourth-order valence-corrected chi connectivity index (χ4v) is 5.27. The van der Waals surface area contributed by atoms with Gasteiger partial charge < -0.3 is 5.32 Å². The lowest BCUT2D eigenvalue weighted by Gasteiger charge is -2.16. The third kappa shape index (κ3) is 3.62. The van der Waals surface area contributed by atoms with Crippen molar-refractivity contribution in [2.24, 2.45) is 11.3 Å². The van der Waals surface area contributed by atoms with E-state index >= 15 is 0 Å². The summed E-state index contributed by atoms with van der Waals surface area (Å²) < 4.78 is 26.2. The molecule has 2 fully saturated rings. The van der Waals surface area contributed by atoms with Gasteiger partial charge in [-0.15, -0.1) is 0 Å². The molecule has 1 spiro atoms. The van der Waals surface area contributed by atoms with Crippen LogP contribution < -0.4 is 5.32 Å². The molecule has 1 saturated carbocycles. The summed E-state index contributed by atoms with van der Waals surface area (Å²) in [6.07, 6.45) is 6.58. The van der Waals surface area contributed by atoms with E-state index in [1.165, 1.54) is 0 Å². The number of hydrogen-bond acceptors (Lipinski definition) is 4. The average Bonchev–Trinajstić information content (AvgIpc) is 3.11. The molecule has 0 unspecified atom stereocenters. The molecular formula is C17H25N3O3S. The van der Waals surface area contributed by atoms with Crippen molar-refractivity contribution >= 4 is 15.9 Å². The van der Waals surface area contributed by atoms with Crippen molar-refractivity contribution in [1.29, 1.82) is 0 Å². The zero-order valence-corrected chi connectivity index (χ0v) is 14.9. The van der Waals surface area contributed by atoms with Gasteiger partial charge in [-0.25, -0.2) is 12.7 Å². The standard InChI is InChI=1S/C17H25N3O3S/c1-2-3-10-24(22,23)20-9-6-17(13-20)11-15(17)16(21)19-12-14-4-7-18-8-5-14/h4-5,7-8,15H,2-3,6,9-13H2,1H3,(H,19,21)/t15-,17-/m1/s1. The summed E-state index contributed by atoms with van der Waals surface area (Å²) in [5.74, 6) is 0.212. The molecule has 0 aromatic carbocycles. The maximum Gasteiger partial charge on any atom is 0.224 e. The van der Waals surface area contributed by atoms with Crippen molar-refractivity contribution in [3.8, 4) is 0 Å². The van der Waals surface area contributed by atoms with E-state index in [1.807, 2.05) is 19.1 Å². The highest BCUT2D eigenvalue weighted by molar-refractivity contribution is 7.89. The summed E-state index contributed by atoms with van der Waals surface area (Å²) in [6.45, 7) is 3.55. The van der Waals surface area contributed by atoms with Crippen LogP contribution in [0.3, 0.4) is 0 Å². The van der Waals surface area contributed by atoms with Crippen LogP contribution in [-0.2, 0) is 21.4 Å². The van der Waals surface area contributed by atoms with Crippen molar-refractivity contribution < 1.29 is 13.2 Å². The van der Waals surface area contributed by atoms with Crippen LogP contribution in [0, 0.1) is 11.3 Å². The number of aromatic nitrogens is 1. The Morgan fingerprint density at radius 1 is 1.42 bits per heavy atom. The molecule has 3 rings (SSSR count). The average molecular weight is 351 g/mol. The first-order valence-electron chi connectivity index (χ1n) is 8.61. The van der Waals surface area contributed by atoms with Crippen molar-refractivity contribution in [3.63, 3.8) is 0 Å². The molecule has 0 bridgehead atoms. The predicted molar refractivity (Wildman–Crippen MR) is 91.5 cm³/mol. The minimum Gasteiger partial charge on any atom is -0.352 e. The van der Waals surface area contributed by atoms with Crippen LogP contribution in [0.1, 0.15) is 38.2 Å². The van der Waals surface area contributed by atoms with Crippen molar-refractivity contribution in [3.05, 3.63) is 30.1 Å². The Kier molecular flexibility index (Phi) is 4.92. The summed E-state index contributed by atoms with van der Waals surface area (Å²) in [5, 5.41) is 2.97. The van der Waals surface area contributed by atoms with Crippen molar-refractivity contribution in [1.82, 2.24) is 14.6 Å². The van der Waals surface area contributed by atoms with Gasteiger partial charge in [-0.1, -0.05) is 13.3 Å². The molecule has 7 heteroatoms. The molecule has 1 aliphatic heterocycles. The summed E-state index contributed by atoms with van der Waals surface area (Å²) in [4.78, 5) is 16.3. The summed E-state index contributed by atoms with van der Waals surface area (Å²) >= 11 is 0. The Bertz CT molecular complexity index is 692. The van der Waals surface area contributed by atoms with E-state index in [0.29, 0.717) is 26.1 Å². The Morgan fingerprint density at radius 3 is 2.88 bits per heavy atom. The molecule has 1 amide bonds. The second-order valence-electron chi connectivity index (χ2n) is 6.95. The number of nitrogens with one attached hydrogen (secondary N) is 1. The number of carbonyl (C=O) groups is 1. The summed E-state index contributed by atoms with van der Waals surface area (Å²) in [6, 6.07) is 3.75. The Morgan fingerprint density at radius 2 is 2.17 bits per heavy atom. The minimum atomic E-state index is -3.16. The molecule has 6 nitrogen and oxygen atoms in total. The van der Waals surface area contributed by atoms with Crippen LogP contribution in [0.2, 0.25) is 0 Å². The van der Waals surface area contributed by atoms with Gasteiger partial charge in [-0.05, 0) is 42.4 Å². The first-order valence-corrected chi connectivity index (χ1v) is 10.2. The first-order chi connectivity index (χ1) is 11.5. The zero-order chi connectivity index (χ0) is 17.2. The van der Waals surface area contributed by atoms with Crippen LogP contribution in [0.5, 0.6) is 0 Å². The Hall–Kier alpha value is -1.47. The van der Waals surface area contributed by atoms with Crippen molar-refractivity contribution in [2.75, 3.05) is 18.8 Å². The third-order valence-corrected chi connectivity index (χ3v) is 7.12. The molecular weight excluding hydrogens is 326 g/mol. The van der Waals surface area contributed by atoms with Crippen LogP contribution in [-0.4, -0.2) is 42.5 Å². The van der Waals surface area contributed by atoms with Gasteiger partial charge in [0, 0.05) is 37.9 Å². The molecule has 1 aromatic rings. The van der Waals surface area contributed by atoms with Gasteiger partial charge >= 0.3 is 0 Å². The lowest BCUT2D eigenvalue weighted by atomic mass is 10.0. The maximum atomic E-state index is 12.4. The summed E-state index contributed by atoms with van der Waals surface area (Å²) in [5.41, 5.74) is 0.893. The van der Waals surface area contributed by atoms with E-state index in [4.69, 9.17) is 0 Å². The second kappa shape index (κ2) is 6.80. The van der Waals surface area contributed by atoms with E-state index in [1.54, 1.807) is 16.7 Å². The molecule has 1 aromatic heterocycles. The number of unbranched alkanes of at least 4 members (excludes halogenated alkanes) is 1. The van der Waals surface area contributed by atoms with E-state index in [-0.39, 0.29) is 23.0 Å². The van der Waals surface area contributed by atoms with E-state index in [2.05, 4.69) is 10.3 Å². The number of nitrogens with zero attached hydrogens (tertiary/aromatic N) is 2. The molecule has 1 saturated heterocycles. The SMILES string of the molecule is CCCCS(=O)(=O)N1CC[C@@]2(C[C@@H]2C(=O)NCc2ccncc2)C1. The van der Waals surface area contributed by atoms with Gasteiger partial charge in [0.15, 0.2) is 0 Å².